The van der Waals surface area contributed by atoms with E-state index in [4.69, 9.17) is 14.2 Å². The van der Waals surface area contributed by atoms with Gasteiger partial charge >= 0.3 is 17.9 Å². The van der Waals surface area contributed by atoms with Crippen LogP contribution in [0.5, 0.6) is 5.88 Å². The number of ether oxygens (including phenoxy) is 3. The first-order chi connectivity index (χ1) is 23.1. The summed E-state index contributed by atoms with van der Waals surface area (Å²) in [5.41, 5.74) is 1.66. The summed E-state index contributed by atoms with van der Waals surface area (Å²) in [6.07, 6.45) is 1.69. The number of pyridine rings is 1. The van der Waals surface area contributed by atoms with Crippen molar-refractivity contribution in [2.45, 2.75) is 98.4 Å². The average Bonchev–Trinajstić information content (AvgIpc) is 3.51. The summed E-state index contributed by atoms with van der Waals surface area (Å²) < 4.78 is 16.8. The minimum absolute atomic E-state index is 0.00201. The molecule has 0 saturated carbocycles. The van der Waals surface area contributed by atoms with Gasteiger partial charge in [0.2, 0.25) is 11.7 Å². The number of likely N-dealkylation sites (tertiary alicyclic amines) is 1. The highest BCUT2D eigenvalue weighted by Crippen LogP contribution is 2.39. The number of nitrogens with one attached hydrogen (secondary N) is 1. The number of hydrogen-bond donors (Lipinski definition) is 1. The molecule has 1 aromatic heterocycles. The molecule has 2 amide bonds. The van der Waals surface area contributed by atoms with E-state index in [0.29, 0.717) is 11.3 Å². The summed E-state index contributed by atoms with van der Waals surface area (Å²) >= 11 is 0. The lowest BCUT2D eigenvalue weighted by molar-refractivity contribution is -0.383. The molecule has 0 radical (unpaired) electrons. The lowest BCUT2D eigenvalue weighted by Gasteiger charge is -2.28. The Hall–Kier alpha value is -4.71. The zero-order valence-electron chi connectivity index (χ0n) is 29.7. The van der Waals surface area contributed by atoms with Crippen LogP contribution in [0.4, 0.5) is 26.8 Å². The van der Waals surface area contributed by atoms with Gasteiger partial charge in [-0.05, 0) is 102 Å². The molecule has 2 heterocycles. The number of hydrogen-bond acceptors (Lipinski definition) is 10. The van der Waals surface area contributed by atoms with Crippen molar-refractivity contribution in [3.8, 4) is 17.0 Å². The van der Waals surface area contributed by atoms with Crippen LogP contribution in [0.25, 0.3) is 11.1 Å². The molecule has 1 aliphatic rings. The van der Waals surface area contributed by atoms with E-state index in [1.165, 1.54) is 24.5 Å². The Morgan fingerprint density at radius 1 is 0.918 bits per heavy atom. The number of amides is 2. The van der Waals surface area contributed by atoms with Gasteiger partial charge < -0.3 is 19.5 Å². The maximum Gasteiger partial charge on any atom is 0.426 e. The molecule has 12 nitrogen and oxygen atoms in total. The number of aromatic nitrogens is 1. The molecular weight excluding hydrogens is 626 g/mol. The fourth-order valence-electron chi connectivity index (χ4n) is 5.29. The van der Waals surface area contributed by atoms with E-state index in [2.05, 4.69) is 39.5 Å². The van der Waals surface area contributed by atoms with E-state index in [1.54, 1.807) is 41.5 Å². The first-order valence-corrected chi connectivity index (χ1v) is 16.9. The van der Waals surface area contributed by atoms with Crippen molar-refractivity contribution < 1.29 is 28.7 Å². The normalized spacial score (nSPS) is 13.5. The second kappa shape index (κ2) is 16.1. The standard InChI is InChI=1S/C37H49N5O7/c1-8-9-21-47-31-23-30(32(42(45)46)33(39-31)41(34(43)48-36(2,3)4)35(44)49-37(5,6)7)38-24-26-15-17-28(18-16-26)29-14-12-13-27(22-29)25-40-19-10-11-20-40/h12-18,22-23H,8-11,19-21,24-25H2,1-7H3,(H,38,39). The molecule has 4 rings (SSSR count). The minimum Gasteiger partial charge on any atom is -0.478 e. The Bertz CT molecular complexity index is 1580. The van der Waals surface area contributed by atoms with Crippen LogP contribution in [0.1, 0.15) is 85.3 Å². The number of nitro groups is 1. The van der Waals surface area contributed by atoms with Gasteiger partial charge in [-0.25, -0.2) is 9.59 Å². The van der Waals surface area contributed by atoms with Gasteiger partial charge in [0.1, 0.15) is 16.9 Å². The summed E-state index contributed by atoms with van der Waals surface area (Å²) in [6, 6.07) is 17.9. The van der Waals surface area contributed by atoms with Crippen molar-refractivity contribution in [1.29, 1.82) is 0 Å². The molecule has 1 aliphatic heterocycles. The largest absolute Gasteiger partial charge is 0.478 e. The molecule has 0 aliphatic carbocycles. The summed E-state index contributed by atoms with van der Waals surface area (Å²) in [6.45, 7) is 15.4. The highest BCUT2D eigenvalue weighted by Gasteiger charge is 2.40. The van der Waals surface area contributed by atoms with Crippen LogP contribution in [0.15, 0.2) is 54.6 Å². The first kappa shape index (κ1) is 37.1. The highest BCUT2D eigenvalue weighted by atomic mass is 16.6. The van der Waals surface area contributed by atoms with E-state index in [1.807, 2.05) is 31.2 Å². The average molecular weight is 676 g/mol. The van der Waals surface area contributed by atoms with E-state index < -0.39 is 39.8 Å². The molecule has 0 unspecified atom stereocenters. The zero-order valence-corrected chi connectivity index (χ0v) is 29.7. The second-order valence-electron chi connectivity index (χ2n) is 14.2. The van der Waals surface area contributed by atoms with Crippen molar-refractivity contribution in [1.82, 2.24) is 9.88 Å². The molecule has 49 heavy (non-hydrogen) atoms. The Kier molecular flexibility index (Phi) is 12.2. The molecule has 1 saturated heterocycles. The van der Waals surface area contributed by atoms with Crippen molar-refractivity contribution >= 4 is 29.4 Å². The van der Waals surface area contributed by atoms with Crippen molar-refractivity contribution in [3.05, 3.63) is 75.8 Å². The quantitative estimate of drug-likeness (QED) is 0.113. The monoisotopic (exact) mass is 675 g/mol. The number of carbonyl (C=O) groups excluding carboxylic acids is 2. The maximum absolute atomic E-state index is 13.5. The molecule has 1 N–H and O–H groups in total. The number of imide groups is 1. The van der Waals surface area contributed by atoms with Crippen molar-refractivity contribution in [2.75, 3.05) is 29.9 Å². The molecule has 2 aromatic carbocycles. The lowest BCUT2D eigenvalue weighted by Crippen LogP contribution is -2.44. The first-order valence-electron chi connectivity index (χ1n) is 16.9. The van der Waals surface area contributed by atoms with Gasteiger partial charge in [-0.15, -0.1) is 0 Å². The highest BCUT2D eigenvalue weighted by molar-refractivity contribution is 6.11. The molecular formula is C37H49N5O7. The van der Waals surface area contributed by atoms with E-state index in [-0.39, 0.29) is 24.7 Å². The Labute approximate surface area is 288 Å². The molecule has 0 atom stereocenters. The summed E-state index contributed by atoms with van der Waals surface area (Å²) in [5.74, 6) is -0.577. The fourth-order valence-corrected chi connectivity index (χ4v) is 5.29. The van der Waals surface area contributed by atoms with E-state index in [9.17, 15) is 19.7 Å². The molecule has 0 bridgehead atoms. The number of unbranched alkanes of at least 4 members (excludes halogenated alkanes) is 1. The van der Waals surface area contributed by atoms with Crippen LogP contribution < -0.4 is 15.0 Å². The second-order valence-corrected chi connectivity index (χ2v) is 14.2. The van der Waals surface area contributed by atoms with E-state index in [0.717, 1.165) is 42.7 Å². The van der Waals surface area contributed by atoms with Crippen molar-refractivity contribution in [3.63, 3.8) is 0 Å². The van der Waals surface area contributed by atoms with Crippen molar-refractivity contribution in [2.24, 2.45) is 0 Å². The summed E-state index contributed by atoms with van der Waals surface area (Å²) in [4.78, 5) is 46.1. The van der Waals surface area contributed by atoms with Gasteiger partial charge in [-0.3, -0.25) is 15.0 Å². The third kappa shape index (κ3) is 10.9. The molecule has 264 valence electrons. The molecule has 12 heteroatoms. The topological polar surface area (TPSA) is 136 Å². The SMILES string of the molecule is CCCCOc1cc(NCc2ccc(-c3cccc(CN4CCCC4)c3)cc2)c([N+](=O)[O-])c(N(C(=O)OC(C)(C)C)C(=O)OC(C)(C)C)n1. The number of nitrogens with zero attached hydrogens (tertiary/aromatic N) is 4. The smallest absolute Gasteiger partial charge is 0.426 e. The van der Waals surface area contributed by atoms with Crippen LogP contribution in [-0.4, -0.2) is 57.9 Å². The van der Waals surface area contributed by atoms with Crippen LogP contribution in [0.3, 0.4) is 0 Å². The van der Waals surface area contributed by atoms with Gasteiger partial charge in [0.25, 0.3) is 0 Å². The Morgan fingerprint density at radius 2 is 1.55 bits per heavy atom. The Balaban J connectivity index is 1.66. The lowest BCUT2D eigenvalue weighted by atomic mass is 10.0. The van der Waals surface area contributed by atoms with Crippen LogP contribution >= 0.6 is 0 Å². The van der Waals surface area contributed by atoms with Gasteiger partial charge in [0.05, 0.1) is 11.5 Å². The molecule has 1 fully saturated rings. The third-order valence-corrected chi connectivity index (χ3v) is 7.55. The van der Waals surface area contributed by atoms with Gasteiger partial charge in [-0.2, -0.15) is 9.88 Å². The van der Waals surface area contributed by atoms with Crippen LogP contribution in [0.2, 0.25) is 0 Å². The zero-order chi connectivity index (χ0) is 35.8. The third-order valence-electron chi connectivity index (χ3n) is 7.55. The number of carbonyl (C=O) groups is 2. The minimum atomic E-state index is -1.17. The predicted octanol–water partition coefficient (Wildman–Crippen LogP) is 8.72. The van der Waals surface area contributed by atoms with Gasteiger partial charge in [0.15, 0.2) is 0 Å². The van der Waals surface area contributed by atoms with Gasteiger partial charge in [-0.1, -0.05) is 55.8 Å². The number of anilines is 2. The van der Waals surface area contributed by atoms with Crippen LogP contribution in [0, 0.1) is 10.1 Å². The Morgan fingerprint density at radius 3 is 2.12 bits per heavy atom. The van der Waals surface area contributed by atoms with Crippen LogP contribution in [-0.2, 0) is 22.6 Å². The van der Waals surface area contributed by atoms with Gasteiger partial charge in [0, 0.05) is 19.2 Å². The molecule has 3 aromatic rings. The number of benzene rings is 2. The summed E-state index contributed by atoms with van der Waals surface area (Å²) in [7, 11) is 0. The van der Waals surface area contributed by atoms with E-state index >= 15 is 0 Å². The number of rotatable bonds is 12. The molecule has 0 spiro atoms. The predicted molar refractivity (Wildman–Crippen MR) is 190 cm³/mol. The fraction of sp³-hybridized carbons (Fsp3) is 0.486. The summed E-state index contributed by atoms with van der Waals surface area (Å²) in [5, 5.41) is 15.8. The maximum atomic E-state index is 13.5.